The van der Waals surface area contributed by atoms with E-state index in [0.717, 1.165) is 45.0 Å². The minimum Gasteiger partial charge on any atom is -0.488 e. The van der Waals surface area contributed by atoms with Crippen molar-refractivity contribution in [2.24, 2.45) is 0 Å². The average molecular weight is 508 g/mol. The molecule has 2 fully saturated rings. The van der Waals surface area contributed by atoms with Crippen LogP contribution in [-0.4, -0.2) is 86.0 Å². The smallest absolute Gasteiger partial charge is 0.188 e. The van der Waals surface area contributed by atoms with Crippen molar-refractivity contribution in [2.75, 3.05) is 64.6 Å². The zero-order valence-electron chi connectivity index (χ0n) is 20.8. The van der Waals surface area contributed by atoms with E-state index in [1.54, 1.807) is 13.2 Å². The maximum Gasteiger partial charge on any atom is 0.188 e. The third-order valence-corrected chi connectivity index (χ3v) is 7.16. The minimum absolute atomic E-state index is 0.146. The fourth-order valence-electron chi connectivity index (χ4n) is 5.13. The lowest BCUT2D eigenvalue weighted by molar-refractivity contribution is 0.0209. The molecule has 0 amide bonds. The molecule has 0 saturated carbocycles. The molecule has 0 aliphatic carbocycles. The van der Waals surface area contributed by atoms with Gasteiger partial charge in [0.25, 0.3) is 0 Å². The minimum atomic E-state index is -0.473. The molecule has 1 unspecified atom stereocenters. The second-order valence-corrected chi connectivity index (χ2v) is 9.40. The van der Waals surface area contributed by atoms with E-state index in [4.69, 9.17) is 18.7 Å². The maximum absolute atomic E-state index is 14.6. The topological polar surface area (TPSA) is 88.9 Å². The second kappa shape index (κ2) is 10.5. The first-order valence-electron chi connectivity index (χ1n) is 12.6. The molecule has 2 saturated heterocycles. The molecule has 1 N–H and O–H groups in total. The number of aromatic nitrogens is 3. The largest absolute Gasteiger partial charge is 0.488 e. The third kappa shape index (κ3) is 4.92. The number of hydrogen-bond acceptors (Lipinski definition) is 8. The molecule has 2 aromatic heterocycles. The van der Waals surface area contributed by atoms with Crippen molar-refractivity contribution in [2.45, 2.75) is 12.5 Å². The number of nitrogens with one attached hydrogen (secondary N) is 1. The molecule has 4 aromatic rings. The highest BCUT2D eigenvalue weighted by atomic mass is 19.1. The fourth-order valence-corrected chi connectivity index (χ4v) is 5.13. The Bertz CT molecular complexity index is 1350. The normalized spacial score (nSPS) is 18.6. The summed E-state index contributed by atoms with van der Waals surface area (Å²) in [6, 6.07) is 13.8. The molecule has 9 nitrogen and oxygen atoms in total. The molecule has 37 heavy (non-hydrogen) atoms. The number of aromatic amines is 1. The van der Waals surface area contributed by atoms with E-state index >= 15 is 0 Å². The van der Waals surface area contributed by atoms with Gasteiger partial charge in [-0.25, -0.2) is 4.39 Å². The zero-order valence-corrected chi connectivity index (χ0v) is 20.8. The summed E-state index contributed by atoms with van der Waals surface area (Å²) in [5, 5.41) is 12.1. The first kappa shape index (κ1) is 23.9. The molecule has 2 aromatic carbocycles. The van der Waals surface area contributed by atoms with Gasteiger partial charge in [-0.15, -0.1) is 0 Å². The van der Waals surface area contributed by atoms with Gasteiger partial charge in [0.2, 0.25) is 0 Å². The average Bonchev–Trinajstić information content (AvgIpc) is 3.69. The standard InChI is InChI=1S/C27H30FN5O4/c1-34-12-13-36-25-16-24-21(14-22(25)28)27(30-29-24)26-15-23(31-37-26)18-2-4-19(5-3-18)33-7-6-20(17-33)32-8-10-35-11-9-32/h2-5,14-16,20H,6-13,17H2,1H3,(H,29,30). The summed E-state index contributed by atoms with van der Waals surface area (Å²) < 4.78 is 36.1. The SMILES string of the molecule is COCCOc1cc2[nH]nc(-c3cc(-c4ccc(N5CCC(N6CCOCC6)C5)cc4)no3)c2cc1F. The Balaban J connectivity index is 1.16. The van der Waals surface area contributed by atoms with Crippen LogP contribution in [0.3, 0.4) is 0 Å². The van der Waals surface area contributed by atoms with Gasteiger partial charge in [-0.05, 0) is 24.6 Å². The van der Waals surface area contributed by atoms with Crippen LogP contribution in [0.4, 0.5) is 10.1 Å². The predicted molar refractivity (Wildman–Crippen MR) is 137 cm³/mol. The van der Waals surface area contributed by atoms with Gasteiger partial charge in [-0.2, -0.15) is 5.10 Å². The van der Waals surface area contributed by atoms with Crippen molar-refractivity contribution in [1.82, 2.24) is 20.3 Å². The van der Waals surface area contributed by atoms with Crippen LogP contribution in [-0.2, 0) is 9.47 Å². The van der Waals surface area contributed by atoms with Crippen molar-refractivity contribution < 1.29 is 23.1 Å². The zero-order chi connectivity index (χ0) is 25.2. The summed E-state index contributed by atoms with van der Waals surface area (Å²) in [5.41, 5.74) is 4.00. The summed E-state index contributed by atoms with van der Waals surface area (Å²) >= 11 is 0. The number of rotatable bonds is 8. The van der Waals surface area contributed by atoms with Gasteiger partial charge in [-0.1, -0.05) is 17.3 Å². The van der Waals surface area contributed by atoms with Gasteiger partial charge in [0.1, 0.15) is 18.0 Å². The van der Waals surface area contributed by atoms with Gasteiger partial charge in [0.05, 0.1) is 25.3 Å². The fraction of sp³-hybridized carbons (Fsp3) is 0.407. The molecule has 6 rings (SSSR count). The molecule has 1 atom stereocenters. The molecule has 194 valence electrons. The number of halogens is 1. The van der Waals surface area contributed by atoms with Gasteiger partial charge in [-0.3, -0.25) is 10.00 Å². The Kier molecular flexibility index (Phi) is 6.77. The molecular formula is C27H30FN5O4. The highest BCUT2D eigenvalue weighted by molar-refractivity contribution is 5.93. The van der Waals surface area contributed by atoms with Crippen LogP contribution in [0.25, 0.3) is 33.6 Å². The Morgan fingerprint density at radius 1 is 1.08 bits per heavy atom. The van der Waals surface area contributed by atoms with E-state index in [0.29, 0.717) is 40.7 Å². The van der Waals surface area contributed by atoms with Gasteiger partial charge in [0.15, 0.2) is 17.3 Å². The van der Waals surface area contributed by atoms with Crippen molar-refractivity contribution in [3.63, 3.8) is 0 Å². The number of hydrogen-bond donors (Lipinski definition) is 1. The Labute approximate surface area is 214 Å². The Hall–Kier alpha value is -3.47. The van der Waals surface area contributed by atoms with Crippen molar-refractivity contribution in [3.8, 4) is 28.5 Å². The Morgan fingerprint density at radius 2 is 1.92 bits per heavy atom. The van der Waals surface area contributed by atoms with Crippen LogP contribution in [0, 0.1) is 5.82 Å². The van der Waals surface area contributed by atoms with Crippen molar-refractivity contribution in [1.29, 1.82) is 0 Å². The van der Waals surface area contributed by atoms with Gasteiger partial charge >= 0.3 is 0 Å². The third-order valence-electron chi connectivity index (χ3n) is 7.16. The number of nitrogens with zero attached hydrogens (tertiary/aromatic N) is 4. The van der Waals surface area contributed by atoms with Crippen molar-refractivity contribution in [3.05, 3.63) is 48.3 Å². The number of morpholine rings is 1. The lowest BCUT2D eigenvalue weighted by Gasteiger charge is -2.32. The van der Waals surface area contributed by atoms with E-state index < -0.39 is 5.82 Å². The summed E-state index contributed by atoms with van der Waals surface area (Å²) in [7, 11) is 1.57. The molecule has 0 spiro atoms. The molecule has 2 aliphatic rings. The molecule has 4 heterocycles. The summed E-state index contributed by atoms with van der Waals surface area (Å²) in [6.07, 6.45) is 1.17. The van der Waals surface area contributed by atoms with Crippen LogP contribution in [0.5, 0.6) is 5.75 Å². The van der Waals surface area contributed by atoms with Crippen LogP contribution in [0.2, 0.25) is 0 Å². The summed E-state index contributed by atoms with van der Waals surface area (Å²) in [5.74, 6) is 0.136. The molecule has 10 heteroatoms. The van der Waals surface area contributed by atoms with E-state index in [2.05, 4.69) is 49.4 Å². The second-order valence-electron chi connectivity index (χ2n) is 9.40. The predicted octanol–water partition coefficient (Wildman–Crippen LogP) is 3.96. The van der Waals surface area contributed by atoms with Crippen LogP contribution in [0.1, 0.15) is 6.42 Å². The lowest BCUT2D eigenvalue weighted by atomic mass is 10.1. The number of benzene rings is 2. The van der Waals surface area contributed by atoms with Gasteiger partial charge in [0, 0.05) is 68.1 Å². The first-order valence-corrected chi connectivity index (χ1v) is 12.6. The molecular weight excluding hydrogens is 477 g/mol. The quantitative estimate of drug-likeness (QED) is 0.359. The number of H-pyrrole nitrogens is 1. The van der Waals surface area contributed by atoms with E-state index in [9.17, 15) is 4.39 Å². The highest BCUT2D eigenvalue weighted by Crippen LogP contribution is 2.33. The van der Waals surface area contributed by atoms with Gasteiger partial charge < -0.3 is 23.6 Å². The number of anilines is 1. The maximum atomic E-state index is 14.6. The van der Waals surface area contributed by atoms with Crippen molar-refractivity contribution >= 4 is 16.6 Å². The molecule has 0 bridgehead atoms. The van der Waals surface area contributed by atoms with E-state index in [-0.39, 0.29) is 12.4 Å². The number of methoxy groups -OCH3 is 1. The summed E-state index contributed by atoms with van der Waals surface area (Å²) in [4.78, 5) is 4.99. The van der Waals surface area contributed by atoms with Crippen LogP contribution in [0.15, 0.2) is 47.0 Å². The Morgan fingerprint density at radius 3 is 2.73 bits per heavy atom. The first-order chi connectivity index (χ1) is 18.2. The lowest BCUT2D eigenvalue weighted by Crippen LogP contribution is -2.44. The van der Waals surface area contributed by atoms with E-state index in [1.807, 2.05) is 6.07 Å². The molecule has 2 aliphatic heterocycles. The number of ether oxygens (including phenoxy) is 3. The highest BCUT2D eigenvalue weighted by Gasteiger charge is 2.29. The number of fused-ring (bicyclic) bond motifs is 1. The van der Waals surface area contributed by atoms with Crippen LogP contribution < -0.4 is 9.64 Å². The van der Waals surface area contributed by atoms with E-state index in [1.165, 1.54) is 18.2 Å². The summed E-state index contributed by atoms with van der Waals surface area (Å²) in [6.45, 7) is 6.43. The monoisotopic (exact) mass is 507 g/mol. The molecule has 0 radical (unpaired) electrons. The van der Waals surface area contributed by atoms with Crippen LogP contribution >= 0.6 is 0 Å².